The van der Waals surface area contributed by atoms with Crippen LogP contribution in [0.4, 0.5) is 5.69 Å². The van der Waals surface area contributed by atoms with Crippen molar-refractivity contribution in [3.05, 3.63) is 30.3 Å². The maximum atomic E-state index is 10.6. The number of nitrogens with zero attached hydrogens (tertiary/aromatic N) is 1. The predicted octanol–water partition coefficient (Wildman–Crippen LogP) is 1.92. The molecule has 1 aromatic carbocycles. The predicted molar refractivity (Wildman–Crippen MR) is 267 cm³/mol. The highest BCUT2D eigenvalue weighted by Gasteiger charge is 2.07. The van der Waals surface area contributed by atoms with Crippen LogP contribution in [0.3, 0.4) is 0 Å². The fourth-order valence-electron chi connectivity index (χ4n) is 5.57. The minimum atomic E-state index is -0.317. The van der Waals surface area contributed by atoms with Crippen LogP contribution in [-0.4, -0.2) is 276 Å². The minimum Gasteiger partial charge on any atom is -0.463 e. The van der Waals surface area contributed by atoms with Gasteiger partial charge in [0.05, 0.1) is 238 Å². The van der Waals surface area contributed by atoms with Crippen molar-refractivity contribution < 1.29 is 104 Å². The van der Waals surface area contributed by atoms with Gasteiger partial charge in [0.25, 0.3) is 0 Å². The van der Waals surface area contributed by atoms with Gasteiger partial charge in [-0.3, -0.25) is 9.59 Å². The highest BCUT2D eigenvalue weighted by atomic mass is 16.6. The molecule has 23 nitrogen and oxygen atoms in total. The van der Waals surface area contributed by atoms with Crippen LogP contribution in [0.5, 0.6) is 0 Å². The molecule has 0 aromatic heterocycles. The van der Waals surface area contributed by atoms with Crippen molar-refractivity contribution in [2.75, 3.05) is 269 Å². The summed E-state index contributed by atoms with van der Waals surface area (Å²) in [7, 11) is 0. The van der Waals surface area contributed by atoms with Crippen LogP contribution >= 0.6 is 0 Å². The molecule has 0 unspecified atom stereocenters. The Balaban J connectivity index is 1.80. The molecule has 0 atom stereocenters. The van der Waals surface area contributed by atoms with Crippen molar-refractivity contribution in [3.63, 3.8) is 0 Å². The lowest BCUT2D eigenvalue weighted by molar-refractivity contribution is -0.143. The lowest BCUT2D eigenvalue weighted by Gasteiger charge is -2.24. The molecule has 0 radical (unpaired) electrons. The van der Waals surface area contributed by atoms with Gasteiger partial charge in [-0.15, -0.1) is 0 Å². The van der Waals surface area contributed by atoms with Gasteiger partial charge in [0.15, 0.2) is 0 Å². The standard InChI is InChI=1S/C50H91NO22/c1-48(52)72-46-44-70-42-40-68-38-36-66-34-32-64-30-28-62-26-24-60-22-20-58-18-16-56-14-12-54-10-8-51(50-6-4-3-5-7-50)9-11-55-13-15-57-17-19-59-21-23-61-25-27-63-29-31-65-33-35-67-37-39-69-41-43-71-45-47-73-49(2)53/h3-7H,8-47H2,1-2H3. The smallest absolute Gasteiger partial charge is 0.302 e. The van der Waals surface area contributed by atoms with Crippen molar-refractivity contribution in [2.45, 2.75) is 13.8 Å². The van der Waals surface area contributed by atoms with Gasteiger partial charge in [0, 0.05) is 32.6 Å². The normalized spacial score (nSPS) is 11.4. The van der Waals surface area contributed by atoms with Gasteiger partial charge in [0.2, 0.25) is 0 Å². The van der Waals surface area contributed by atoms with Crippen LogP contribution in [0.2, 0.25) is 0 Å². The number of benzene rings is 1. The Morgan fingerprint density at radius 3 is 0.603 bits per heavy atom. The molecule has 0 heterocycles. The number of carbonyl (C=O) groups is 2. The quantitative estimate of drug-likeness (QED) is 0.0672. The molecule has 428 valence electrons. The molecular weight excluding hydrogens is 967 g/mol. The van der Waals surface area contributed by atoms with Crippen LogP contribution in [0.1, 0.15) is 13.8 Å². The summed E-state index contributed by atoms with van der Waals surface area (Å²) in [5.41, 5.74) is 1.11. The van der Waals surface area contributed by atoms with Gasteiger partial charge >= 0.3 is 11.9 Å². The third-order valence-corrected chi connectivity index (χ3v) is 9.15. The number of ether oxygens (including phenoxy) is 20. The third kappa shape index (κ3) is 55.3. The van der Waals surface area contributed by atoms with E-state index in [1.54, 1.807) is 0 Å². The number of esters is 2. The summed E-state index contributed by atoms with van der Waals surface area (Å²) >= 11 is 0. The molecule has 0 fully saturated rings. The third-order valence-electron chi connectivity index (χ3n) is 9.15. The zero-order valence-corrected chi connectivity index (χ0v) is 44.1. The van der Waals surface area contributed by atoms with E-state index >= 15 is 0 Å². The topological polar surface area (TPSA) is 222 Å². The molecular formula is C50H91NO22. The number of para-hydroxylation sites is 1. The van der Waals surface area contributed by atoms with E-state index in [2.05, 4.69) is 17.0 Å². The summed E-state index contributed by atoms with van der Waals surface area (Å²) in [4.78, 5) is 23.5. The average molecular weight is 1060 g/mol. The first-order valence-corrected chi connectivity index (χ1v) is 25.6. The van der Waals surface area contributed by atoms with Crippen LogP contribution in [-0.2, 0) is 104 Å². The molecule has 0 aliphatic carbocycles. The number of rotatable bonds is 61. The number of hydrogen-bond acceptors (Lipinski definition) is 23. The van der Waals surface area contributed by atoms with Gasteiger partial charge in [-0.25, -0.2) is 0 Å². The van der Waals surface area contributed by atoms with Crippen molar-refractivity contribution in [1.29, 1.82) is 0 Å². The van der Waals surface area contributed by atoms with E-state index < -0.39 is 0 Å². The molecule has 73 heavy (non-hydrogen) atoms. The van der Waals surface area contributed by atoms with E-state index in [-0.39, 0.29) is 25.2 Å². The first kappa shape index (κ1) is 68.3. The Kier molecular flexibility index (Phi) is 54.7. The van der Waals surface area contributed by atoms with E-state index in [4.69, 9.17) is 94.7 Å². The molecule has 0 amide bonds. The first-order chi connectivity index (χ1) is 36.1. The molecule has 0 saturated carbocycles. The molecule has 0 N–H and O–H groups in total. The van der Waals surface area contributed by atoms with E-state index in [0.29, 0.717) is 238 Å². The largest absolute Gasteiger partial charge is 0.463 e. The second-order valence-corrected chi connectivity index (χ2v) is 15.0. The molecule has 0 bridgehead atoms. The summed E-state index contributed by atoms with van der Waals surface area (Å²) < 4.78 is 109. The van der Waals surface area contributed by atoms with E-state index in [9.17, 15) is 9.59 Å². The van der Waals surface area contributed by atoms with Crippen molar-refractivity contribution in [3.8, 4) is 0 Å². The Labute approximate surface area is 434 Å². The van der Waals surface area contributed by atoms with Gasteiger partial charge in [-0.05, 0) is 12.1 Å². The zero-order chi connectivity index (χ0) is 52.3. The van der Waals surface area contributed by atoms with E-state index in [1.807, 2.05) is 18.2 Å². The summed E-state index contributed by atoms with van der Waals surface area (Å²) in [6, 6.07) is 10.2. The van der Waals surface area contributed by atoms with Crippen LogP contribution < -0.4 is 4.90 Å². The lowest BCUT2D eigenvalue weighted by atomic mass is 10.3. The summed E-state index contributed by atoms with van der Waals surface area (Å²) in [6.07, 6.45) is 0. The van der Waals surface area contributed by atoms with E-state index in [1.165, 1.54) is 13.8 Å². The van der Waals surface area contributed by atoms with Gasteiger partial charge in [-0.1, -0.05) is 18.2 Å². The molecule has 0 saturated heterocycles. The van der Waals surface area contributed by atoms with Gasteiger partial charge < -0.3 is 99.6 Å². The Morgan fingerprint density at radius 2 is 0.425 bits per heavy atom. The maximum absolute atomic E-state index is 10.6. The SMILES string of the molecule is CC(=O)OCCOCCOCCOCCOCCOCCOCCOCCOCCOCCN(CCOCCOCCOCCOCCOCCOCCOCCOCCOCCOC(C)=O)c1ccccc1. The molecule has 0 aliphatic rings. The summed E-state index contributed by atoms with van der Waals surface area (Å²) in [6.45, 7) is 21.8. The number of anilines is 1. The second-order valence-electron chi connectivity index (χ2n) is 15.0. The molecule has 0 aliphatic heterocycles. The van der Waals surface area contributed by atoms with Crippen LogP contribution in [0.25, 0.3) is 0 Å². The maximum Gasteiger partial charge on any atom is 0.302 e. The average Bonchev–Trinajstić information content (AvgIpc) is 3.39. The second kappa shape index (κ2) is 58.5. The molecule has 1 aromatic rings. The molecule has 0 spiro atoms. The van der Waals surface area contributed by atoms with E-state index in [0.717, 1.165) is 18.8 Å². The Morgan fingerprint density at radius 1 is 0.260 bits per heavy atom. The summed E-state index contributed by atoms with van der Waals surface area (Å²) in [5.74, 6) is -0.634. The fourth-order valence-corrected chi connectivity index (χ4v) is 5.57. The van der Waals surface area contributed by atoms with Crippen LogP contribution in [0.15, 0.2) is 30.3 Å². The Hall–Kier alpha value is -2.76. The highest BCUT2D eigenvalue weighted by Crippen LogP contribution is 2.12. The summed E-state index contributed by atoms with van der Waals surface area (Å²) in [5, 5.41) is 0. The Bertz CT molecular complexity index is 1190. The lowest BCUT2D eigenvalue weighted by Crippen LogP contribution is -2.31. The number of hydrogen-bond donors (Lipinski definition) is 0. The highest BCUT2D eigenvalue weighted by molar-refractivity contribution is 5.66. The fraction of sp³-hybridized carbons (Fsp3) is 0.840. The van der Waals surface area contributed by atoms with Crippen molar-refractivity contribution in [2.24, 2.45) is 0 Å². The molecule has 1 rings (SSSR count). The number of carbonyl (C=O) groups excluding carboxylic acids is 2. The monoisotopic (exact) mass is 1060 g/mol. The van der Waals surface area contributed by atoms with Crippen molar-refractivity contribution in [1.82, 2.24) is 0 Å². The van der Waals surface area contributed by atoms with Crippen LogP contribution in [0, 0.1) is 0 Å². The minimum absolute atomic E-state index is 0.249. The molecule has 23 heteroatoms. The van der Waals surface area contributed by atoms with Gasteiger partial charge in [0.1, 0.15) is 13.2 Å². The van der Waals surface area contributed by atoms with Crippen molar-refractivity contribution >= 4 is 17.6 Å². The first-order valence-electron chi connectivity index (χ1n) is 25.6. The zero-order valence-electron chi connectivity index (χ0n) is 44.1. The van der Waals surface area contributed by atoms with Gasteiger partial charge in [-0.2, -0.15) is 0 Å².